The van der Waals surface area contributed by atoms with Crippen LogP contribution in [0.1, 0.15) is 181 Å². The zero-order chi connectivity index (χ0) is 51.3. The van der Waals surface area contributed by atoms with Crippen molar-refractivity contribution in [2.75, 3.05) is 40.9 Å². The number of likely N-dealkylation sites (N-methyl/N-ethyl adjacent to an activating group) is 1. The Morgan fingerprint density at radius 1 is 0.500 bits per heavy atom. The molecule has 0 aromatic rings. The van der Waals surface area contributed by atoms with Crippen LogP contribution < -0.4 is 5.32 Å². The molecule has 0 bridgehead atoms. The molecule has 0 saturated heterocycles. The van der Waals surface area contributed by atoms with E-state index >= 15 is 0 Å². The first-order valence-corrected chi connectivity index (χ1v) is 28.7. The lowest BCUT2D eigenvalue weighted by atomic mass is 10.1. The molecule has 1 amide bonds. The Balaban J connectivity index is 4.24. The highest BCUT2D eigenvalue weighted by Crippen LogP contribution is 2.43. The highest BCUT2D eigenvalue weighted by atomic mass is 31.2. The maximum Gasteiger partial charge on any atom is 0.472 e. The summed E-state index contributed by atoms with van der Waals surface area (Å²) in [6, 6.07) is -0.886. The minimum absolute atomic E-state index is 0.0428. The number of quaternary nitrogens is 1. The Morgan fingerprint density at radius 3 is 1.31 bits per heavy atom. The second kappa shape index (κ2) is 50.3. The number of aliphatic hydroxyl groups excluding tert-OH is 1. The molecule has 0 radical (unpaired) electrons. The van der Waals surface area contributed by atoms with Crippen molar-refractivity contribution in [2.24, 2.45) is 0 Å². The fourth-order valence-electron chi connectivity index (χ4n) is 6.77. The Morgan fingerprint density at radius 2 is 0.871 bits per heavy atom. The maximum atomic E-state index is 12.9. The van der Waals surface area contributed by atoms with Crippen molar-refractivity contribution in [3.05, 3.63) is 146 Å². The number of hydrogen-bond donors (Lipinski definition) is 3. The van der Waals surface area contributed by atoms with E-state index in [0.717, 1.165) is 122 Å². The zero-order valence-electron chi connectivity index (χ0n) is 44.9. The van der Waals surface area contributed by atoms with Crippen LogP contribution in [0.15, 0.2) is 146 Å². The van der Waals surface area contributed by atoms with Gasteiger partial charge < -0.3 is 19.8 Å². The van der Waals surface area contributed by atoms with E-state index in [-0.39, 0.29) is 19.1 Å². The largest absolute Gasteiger partial charge is 0.472 e. The molecule has 3 atom stereocenters. The summed E-state index contributed by atoms with van der Waals surface area (Å²) in [6.07, 6.45) is 78.0. The van der Waals surface area contributed by atoms with E-state index in [0.29, 0.717) is 17.4 Å². The number of phosphoric acid groups is 1. The highest BCUT2D eigenvalue weighted by Gasteiger charge is 2.27. The smallest absolute Gasteiger partial charge is 0.387 e. The van der Waals surface area contributed by atoms with E-state index in [1.165, 1.54) is 38.5 Å². The van der Waals surface area contributed by atoms with Gasteiger partial charge in [0.25, 0.3) is 0 Å². The Kier molecular flexibility index (Phi) is 47.7. The summed E-state index contributed by atoms with van der Waals surface area (Å²) in [5.74, 6) is -0.211. The Bertz CT molecular complexity index is 1640. The number of carbonyl (C=O) groups is 1. The first kappa shape index (κ1) is 66.4. The Hall–Kier alpha value is -3.62. The lowest BCUT2D eigenvalue weighted by Gasteiger charge is -2.25. The predicted octanol–water partition coefficient (Wildman–Crippen LogP) is 16.5. The fourth-order valence-corrected chi connectivity index (χ4v) is 7.50. The van der Waals surface area contributed by atoms with Crippen molar-refractivity contribution in [3.8, 4) is 0 Å². The van der Waals surface area contributed by atoms with Gasteiger partial charge in [0.1, 0.15) is 13.2 Å². The number of carbonyl (C=O) groups excluding carboxylic acids is 1. The van der Waals surface area contributed by atoms with Crippen molar-refractivity contribution in [3.63, 3.8) is 0 Å². The van der Waals surface area contributed by atoms with Gasteiger partial charge in [0.2, 0.25) is 5.91 Å². The number of rotatable bonds is 47. The third kappa shape index (κ3) is 52.2. The van der Waals surface area contributed by atoms with Crippen LogP contribution in [0.25, 0.3) is 0 Å². The van der Waals surface area contributed by atoms with E-state index in [4.69, 9.17) is 9.05 Å². The molecule has 0 saturated carbocycles. The molecule has 396 valence electrons. The Labute approximate surface area is 429 Å². The average Bonchev–Trinajstić information content (AvgIpc) is 3.32. The van der Waals surface area contributed by atoms with Crippen LogP contribution in [0.2, 0.25) is 0 Å². The number of hydrogen-bond acceptors (Lipinski definition) is 5. The highest BCUT2D eigenvalue weighted by molar-refractivity contribution is 7.47. The van der Waals surface area contributed by atoms with Crippen LogP contribution >= 0.6 is 7.82 Å². The molecule has 0 aromatic carbocycles. The average molecular weight is 990 g/mol. The SMILES string of the molecule is CC/C=C\C/C=C\C/C=C\C/C=C\C/C=C\C/C=C\C/C=C\C/C=C\C/C=C\CCCCCCCCCC(=O)NC(COP(=O)(O)OCC[N+](C)(C)C)C(O)/C=C/CC/C=C/CC/C=C/CCCCC. The first-order valence-electron chi connectivity index (χ1n) is 27.2. The van der Waals surface area contributed by atoms with Gasteiger partial charge in [-0.1, -0.05) is 205 Å². The number of phosphoric ester groups is 1. The molecule has 3 N–H and O–H groups in total. The molecule has 9 heteroatoms. The number of nitrogens with zero attached hydrogens (tertiary/aromatic N) is 1. The van der Waals surface area contributed by atoms with Gasteiger partial charge in [0.05, 0.1) is 39.9 Å². The molecule has 0 rings (SSSR count). The number of nitrogens with one attached hydrogen (secondary N) is 1. The van der Waals surface area contributed by atoms with Crippen LogP contribution in [0.5, 0.6) is 0 Å². The standard InChI is InChI=1S/C61H101N2O6P/c1-6-8-10-12-14-16-18-20-21-22-23-24-25-26-27-28-29-30-31-32-33-34-35-36-37-38-39-40-41-43-45-47-49-51-53-55-61(65)62-59(58-69-70(66,67)68-57-56-63(3,4)5)60(64)54-52-50-48-46-44-42-19-17-15-13-11-9-7-2/h8,10,14-17,20-21,23-24,26-27,29-30,32-33,35-36,38-39,44,46,52,54,59-60,64H,6-7,9,11-13,18-19,22,25,28,31,34,37,40-43,45,47-51,53,55-58H2,1-5H3,(H-,62,65,66,67)/p+1/b10-8-,16-14-,17-15+,21-20-,24-23-,27-26-,30-29-,33-32-,36-35-,39-38-,46-44+,54-52+. The lowest BCUT2D eigenvalue weighted by Crippen LogP contribution is -2.45. The van der Waals surface area contributed by atoms with Gasteiger partial charge in [-0.3, -0.25) is 13.8 Å². The van der Waals surface area contributed by atoms with Gasteiger partial charge in [-0.25, -0.2) is 4.57 Å². The van der Waals surface area contributed by atoms with Gasteiger partial charge >= 0.3 is 7.82 Å². The van der Waals surface area contributed by atoms with Crippen LogP contribution in [0.4, 0.5) is 0 Å². The number of amides is 1. The fraction of sp³-hybridized carbons (Fsp3) is 0.590. The van der Waals surface area contributed by atoms with Gasteiger partial charge in [-0.2, -0.15) is 0 Å². The van der Waals surface area contributed by atoms with E-state index < -0.39 is 20.0 Å². The van der Waals surface area contributed by atoms with Crippen molar-refractivity contribution in [1.82, 2.24) is 5.32 Å². The lowest BCUT2D eigenvalue weighted by molar-refractivity contribution is -0.870. The van der Waals surface area contributed by atoms with Crippen molar-refractivity contribution < 1.29 is 32.9 Å². The van der Waals surface area contributed by atoms with Crippen molar-refractivity contribution in [1.29, 1.82) is 0 Å². The van der Waals surface area contributed by atoms with E-state index in [2.05, 4.69) is 153 Å². The van der Waals surface area contributed by atoms with Crippen molar-refractivity contribution >= 4 is 13.7 Å². The predicted molar refractivity (Wildman–Crippen MR) is 304 cm³/mol. The van der Waals surface area contributed by atoms with Crippen LogP contribution in [0.3, 0.4) is 0 Å². The molecular weight excluding hydrogens is 888 g/mol. The third-order valence-corrected chi connectivity index (χ3v) is 12.0. The van der Waals surface area contributed by atoms with Gasteiger partial charge in [0, 0.05) is 6.42 Å². The molecule has 0 fully saturated rings. The number of allylic oxidation sites excluding steroid dienone is 23. The normalized spacial score (nSPS) is 15.1. The second-order valence-corrected chi connectivity index (χ2v) is 20.3. The molecule has 0 aliphatic heterocycles. The monoisotopic (exact) mass is 990 g/mol. The molecule has 0 heterocycles. The van der Waals surface area contributed by atoms with E-state index in [1.54, 1.807) is 6.08 Å². The number of aliphatic hydroxyl groups is 1. The van der Waals surface area contributed by atoms with E-state index in [9.17, 15) is 19.4 Å². The second-order valence-electron chi connectivity index (χ2n) is 18.8. The molecular formula is C61H102N2O6P+. The summed E-state index contributed by atoms with van der Waals surface area (Å²) in [6.45, 7) is 4.59. The molecule has 8 nitrogen and oxygen atoms in total. The molecule has 0 aromatic heterocycles. The van der Waals surface area contributed by atoms with Crippen LogP contribution in [-0.4, -0.2) is 73.4 Å². The van der Waals surface area contributed by atoms with Crippen LogP contribution in [0, 0.1) is 0 Å². The third-order valence-electron chi connectivity index (χ3n) is 11.0. The molecule has 0 spiro atoms. The first-order chi connectivity index (χ1) is 34.0. The quantitative estimate of drug-likeness (QED) is 0.0243. The minimum Gasteiger partial charge on any atom is -0.387 e. The maximum absolute atomic E-state index is 12.9. The number of unbranched alkanes of at least 4 members (excludes halogenated alkanes) is 12. The molecule has 0 aliphatic carbocycles. The minimum atomic E-state index is -4.37. The molecule has 3 unspecified atom stereocenters. The van der Waals surface area contributed by atoms with Gasteiger partial charge in [-0.05, 0) is 116 Å². The van der Waals surface area contributed by atoms with Gasteiger partial charge in [-0.15, -0.1) is 0 Å². The summed E-state index contributed by atoms with van der Waals surface area (Å²) in [5, 5.41) is 13.8. The molecule has 0 aliphatic rings. The summed E-state index contributed by atoms with van der Waals surface area (Å²) in [5.41, 5.74) is 0. The van der Waals surface area contributed by atoms with Crippen LogP contribution in [-0.2, 0) is 18.4 Å². The van der Waals surface area contributed by atoms with Crippen molar-refractivity contribution in [2.45, 2.75) is 193 Å². The van der Waals surface area contributed by atoms with E-state index in [1.807, 2.05) is 27.2 Å². The topological polar surface area (TPSA) is 105 Å². The summed E-state index contributed by atoms with van der Waals surface area (Å²) in [7, 11) is 1.51. The van der Waals surface area contributed by atoms with Gasteiger partial charge in [0.15, 0.2) is 0 Å². The summed E-state index contributed by atoms with van der Waals surface area (Å²) >= 11 is 0. The molecule has 70 heavy (non-hydrogen) atoms. The summed E-state index contributed by atoms with van der Waals surface area (Å²) < 4.78 is 23.6. The summed E-state index contributed by atoms with van der Waals surface area (Å²) in [4.78, 5) is 23.2. The zero-order valence-corrected chi connectivity index (χ0v) is 45.8.